The summed E-state index contributed by atoms with van der Waals surface area (Å²) in [6, 6.07) is 15.0. The first kappa shape index (κ1) is 17.2. The zero-order valence-electron chi connectivity index (χ0n) is 14.6. The standard InChI is InChI=1S/C21H17N3O2S/c1-2-13-6-8-14(9-7-13)17-11-27-20-18(17)19(22-12-23-20)24-16-5-3-4-15(10-16)21(25)26/h3-12H,2H2,1H3,(H,25,26)(H,22,23,24)/p-1. The summed E-state index contributed by atoms with van der Waals surface area (Å²) >= 11 is 1.56. The van der Waals surface area contributed by atoms with Gasteiger partial charge in [0.2, 0.25) is 0 Å². The summed E-state index contributed by atoms with van der Waals surface area (Å²) in [6.07, 6.45) is 2.50. The van der Waals surface area contributed by atoms with E-state index in [1.807, 2.05) is 0 Å². The Labute approximate surface area is 160 Å². The zero-order valence-corrected chi connectivity index (χ0v) is 15.4. The summed E-state index contributed by atoms with van der Waals surface area (Å²) in [6.45, 7) is 2.13. The minimum absolute atomic E-state index is 0.117. The summed E-state index contributed by atoms with van der Waals surface area (Å²) in [5.74, 6) is -0.565. The predicted molar refractivity (Wildman–Crippen MR) is 106 cm³/mol. The number of thiophene rings is 1. The van der Waals surface area contributed by atoms with Gasteiger partial charge in [0.1, 0.15) is 17.0 Å². The molecule has 0 unspecified atom stereocenters. The maximum Gasteiger partial charge on any atom is 0.143 e. The molecular formula is C21H16N3O2S-. The van der Waals surface area contributed by atoms with Gasteiger partial charge in [-0.05, 0) is 35.2 Å². The Hall–Kier alpha value is -3.25. The van der Waals surface area contributed by atoms with Gasteiger partial charge in [0.05, 0.1) is 11.4 Å². The first-order valence-corrected chi connectivity index (χ1v) is 9.43. The highest BCUT2D eigenvalue weighted by Crippen LogP contribution is 2.37. The molecular weight excluding hydrogens is 358 g/mol. The number of hydrogen-bond donors (Lipinski definition) is 1. The van der Waals surface area contributed by atoms with Gasteiger partial charge in [0.15, 0.2) is 0 Å². The normalized spacial score (nSPS) is 10.9. The molecule has 1 N–H and O–H groups in total. The van der Waals surface area contributed by atoms with Gasteiger partial charge in [-0.1, -0.05) is 43.3 Å². The van der Waals surface area contributed by atoms with E-state index in [2.05, 4.69) is 51.9 Å². The van der Waals surface area contributed by atoms with Crippen molar-refractivity contribution in [3.8, 4) is 11.1 Å². The van der Waals surface area contributed by atoms with Crippen LogP contribution in [0, 0.1) is 0 Å². The number of anilines is 2. The van der Waals surface area contributed by atoms with Crippen LogP contribution in [-0.2, 0) is 6.42 Å². The molecule has 2 heterocycles. The van der Waals surface area contributed by atoms with Crippen molar-refractivity contribution in [1.29, 1.82) is 0 Å². The fourth-order valence-corrected chi connectivity index (χ4v) is 3.88. The first-order valence-electron chi connectivity index (χ1n) is 8.55. The molecule has 4 aromatic rings. The maximum atomic E-state index is 11.1. The Morgan fingerprint density at radius 2 is 1.96 bits per heavy atom. The van der Waals surface area contributed by atoms with Gasteiger partial charge in [-0.25, -0.2) is 9.97 Å². The lowest BCUT2D eigenvalue weighted by Crippen LogP contribution is -2.22. The molecule has 0 atom stereocenters. The van der Waals surface area contributed by atoms with Crippen LogP contribution in [0.2, 0.25) is 0 Å². The molecule has 4 rings (SSSR count). The van der Waals surface area contributed by atoms with Gasteiger partial charge in [-0.3, -0.25) is 0 Å². The van der Waals surface area contributed by atoms with Crippen molar-refractivity contribution in [1.82, 2.24) is 9.97 Å². The third kappa shape index (κ3) is 3.39. The fourth-order valence-electron chi connectivity index (χ4n) is 2.96. The smallest absolute Gasteiger partial charge is 0.143 e. The van der Waals surface area contributed by atoms with Gasteiger partial charge in [0, 0.05) is 16.6 Å². The molecule has 0 bridgehead atoms. The van der Waals surface area contributed by atoms with Crippen LogP contribution in [0.15, 0.2) is 60.2 Å². The second-order valence-electron chi connectivity index (χ2n) is 6.10. The van der Waals surface area contributed by atoms with E-state index in [0.717, 1.165) is 27.8 Å². The lowest BCUT2D eigenvalue weighted by molar-refractivity contribution is -0.255. The molecule has 2 aromatic carbocycles. The quantitative estimate of drug-likeness (QED) is 0.571. The number of carbonyl (C=O) groups is 1. The van der Waals surface area contributed by atoms with Crippen LogP contribution in [0.1, 0.15) is 22.8 Å². The molecule has 0 saturated heterocycles. The summed E-state index contributed by atoms with van der Waals surface area (Å²) in [5.41, 5.74) is 4.18. The van der Waals surface area contributed by atoms with E-state index < -0.39 is 5.97 Å². The average molecular weight is 374 g/mol. The lowest BCUT2D eigenvalue weighted by atomic mass is 10.0. The zero-order chi connectivity index (χ0) is 18.8. The number of hydrogen-bond acceptors (Lipinski definition) is 6. The molecule has 0 fully saturated rings. The highest BCUT2D eigenvalue weighted by atomic mass is 32.1. The summed E-state index contributed by atoms with van der Waals surface area (Å²) in [5, 5.41) is 17.3. The van der Waals surface area contributed by atoms with Crippen molar-refractivity contribution >= 4 is 39.0 Å². The van der Waals surface area contributed by atoms with Crippen LogP contribution in [0.4, 0.5) is 11.5 Å². The number of benzene rings is 2. The highest BCUT2D eigenvalue weighted by molar-refractivity contribution is 7.17. The number of nitrogens with one attached hydrogen (secondary N) is 1. The summed E-state index contributed by atoms with van der Waals surface area (Å²) in [4.78, 5) is 20.7. The molecule has 0 amide bonds. The molecule has 0 aliphatic heterocycles. The number of rotatable bonds is 5. The minimum atomic E-state index is -1.21. The third-order valence-corrected chi connectivity index (χ3v) is 5.29. The Bertz CT molecular complexity index is 1120. The van der Waals surface area contributed by atoms with Crippen molar-refractivity contribution in [2.75, 3.05) is 5.32 Å². The monoisotopic (exact) mass is 374 g/mol. The number of carboxylic acid groups (broad SMARTS) is 1. The predicted octanol–water partition coefficient (Wildman–Crippen LogP) is 4.03. The van der Waals surface area contributed by atoms with Crippen LogP contribution >= 0.6 is 11.3 Å². The van der Waals surface area contributed by atoms with E-state index in [1.54, 1.807) is 23.5 Å². The van der Waals surface area contributed by atoms with Crippen molar-refractivity contribution in [3.63, 3.8) is 0 Å². The molecule has 6 heteroatoms. The Kier molecular flexibility index (Phi) is 4.56. The van der Waals surface area contributed by atoms with E-state index in [4.69, 9.17) is 0 Å². The molecule has 0 aliphatic rings. The van der Waals surface area contributed by atoms with Crippen molar-refractivity contribution in [2.45, 2.75) is 13.3 Å². The van der Waals surface area contributed by atoms with Crippen molar-refractivity contribution in [2.24, 2.45) is 0 Å². The van der Waals surface area contributed by atoms with Gasteiger partial charge >= 0.3 is 0 Å². The number of aromatic carboxylic acids is 1. The first-order chi connectivity index (χ1) is 13.2. The van der Waals surface area contributed by atoms with Crippen LogP contribution < -0.4 is 10.4 Å². The second-order valence-corrected chi connectivity index (χ2v) is 6.95. The van der Waals surface area contributed by atoms with Crippen molar-refractivity contribution < 1.29 is 9.90 Å². The van der Waals surface area contributed by atoms with Crippen LogP contribution in [0.3, 0.4) is 0 Å². The van der Waals surface area contributed by atoms with Gasteiger partial charge in [-0.2, -0.15) is 0 Å². The largest absolute Gasteiger partial charge is 0.545 e. The molecule has 0 radical (unpaired) electrons. The Morgan fingerprint density at radius 1 is 1.15 bits per heavy atom. The van der Waals surface area contributed by atoms with Gasteiger partial charge in [0.25, 0.3) is 0 Å². The summed E-state index contributed by atoms with van der Waals surface area (Å²) in [7, 11) is 0. The SMILES string of the molecule is CCc1ccc(-c2csc3ncnc(Nc4cccc(C(=O)[O-])c4)c23)cc1. The van der Waals surface area contributed by atoms with Crippen LogP contribution in [0.25, 0.3) is 21.3 Å². The molecule has 0 spiro atoms. The number of aryl methyl sites for hydroxylation is 1. The Morgan fingerprint density at radius 3 is 2.70 bits per heavy atom. The average Bonchev–Trinajstić information content (AvgIpc) is 3.13. The summed E-state index contributed by atoms with van der Waals surface area (Å²) < 4.78 is 0. The number of carboxylic acids is 1. The molecule has 134 valence electrons. The third-order valence-electron chi connectivity index (χ3n) is 4.40. The Balaban J connectivity index is 1.78. The van der Waals surface area contributed by atoms with E-state index in [-0.39, 0.29) is 5.56 Å². The van der Waals surface area contributed by atoms with Crippen molar-refractivity contribution in [3.05, 3.63) is 71.4 Å². The van der Waals surface area contributed by atoms with Gasteiger partial charge in [-0.15, -0.1) is 11.3 Å². The molecule has 0 aliphatic carbocycles. The van der Waals surface area contributed by atoms with Crippen LogP contribution in [0.5, 0.6) is 0 Å². The molecule has 5 nitrogen and oxygen atoms in total. The number of fused-ring (bicyclic) bond motifs is 1. The minimum Gasteiger partial charge on any atom is -0.545 e. The fraction of sp³-hybridized carbons (Fsp3) is 0.0952. The number of carbonyl (C=O) groups excluding carboxylic acids is 1. The van der Waals surface area contributed by atoms with E-state index in [1.165, 1.54) is 24.0 Å². The van der Waals surface area contributed by atoms with E-state index >= 15 is 0 Å². The highest BCUT2D eigenvalue weighted by Gasteiger charge is 2.13. The lowest BCUT2D eigenvalue weighted by Gasteiger charge is -2.10. The van der Waals surface area contributed by atoms with Crippen LogP contribution in [-0.4, -0.2) is 15.9 Å². The second kappa shape index (κ2) is 7.17. The number of aromatic nitrogens is 2. The topological polar surface area (TPSA) is 77.9 Å². The molecule has 2 aromatic heterocycles. The number of nitrogens with zero attached hydrogens (tertiary/aromatic N) is 2. The van der Waals surface area contributed by atoms with E-state index in [0.29, 0.717) is 11.5 Å². The van der Waals surface area contributed by atoms with Gasteiger partial charge < -0.3 is 15.2 Å². The molecule has 27 heavy (non-hydrogen) atoms. The van der Waals surface area contributed by atoms with E-state index in [9.17, 15) is 9.90 Å². The molecule has 0 saturated carbocycles. The maximum absolute atomic E-state index is 11.1.